The van der Waals surface area contributed by atoms with Gasteiger partial charge < -0.3 is 35.3 Å². The number of urea groups is 1. The molecule has 34 heavy (non-hydrogen) atoms. The van der Waals surface area contributed by atoms with Crippen molar-refractivity contribution in [2.45, 2.75) is 13.0 Å². The van der Waals surface area contributed by atoms with Crippen molar-refractivity contribution in [3.63, 3.8) is 0 Å². The van der Waals surface area contributed by atoms with E-state index in [1.807, 2.05) is 0 Å². The lowest BCUT2D eigenvalue weighted by Crippen LogP contribution is -2.47. The average Bonchev–Trinajstić information content (AvgIpc) is 2.83. The van der Waals surface area contributed by atoms with Gasteiger partial charge in [-0.2, -0.15) is 0 Å². The summed E-state index contributed by atoms with van der Waals surface area (Å²) in [7, 11) is 2.90. The van der Waals surface area contributed by atoms with Crippen molar-refractivity contribution in [3.05, 3.63) is 63.8 Å². The smallest absolute Gasteiger partial charge is 0.342 e. The van der Waals surface area contributed by atoms with Gasteiger partial charge in [0.05, 0.1) is 48.8 Å². The Morgan fingerprint density at radius 1 is 1.06 bits per heavy atom. The van der Waals surface area contributed by atoms with Gasteiger partial charge in [0, 0.05) is 6.07 Å². The number of nitrogen functional groups attached to an aromatic ring is 1. The third kappa shape index (κ3) is 5.34. The number of benzene rings is 2. The maximum atomic E-state index is 12.8. The number of esters is 2. The Bertz CT molecular complexity index is 1130. The summed E-state index contributed by atoms with van der Waals surface area (Å²) in [5, 5.41) is 5.38. The fraction of sp³-hybridized carbons (Fsp3) is 0.261. The van der Waals surface area contributed by atoms with Crippen LogP contribution in [0, 0.1) is 0 Å². The predicted octanol–water partition coefficient (Wildman–Crippen LogP) is 2.97. The molecule has 3 rings (SSSR count). The number of hydrogen-bond acceptors (Lipinski definition) is 8. The molecular formula is C23H24ClN3O7. The number of anilines is 1. The summed E-state index contributed by atoms with van der Waals surface area (Å²) in [6.07, 6.45) is 0. The van der Waals surface area contributed by atoms with Crippen LogP contribution in [0.25, 0.3) is 0 Å². The molecule has 0 fully saturated rings. The number of carbonyl (C=O) groups is 3. The van der Waals surface area contributed by atoms with E-state index < -0.39 is 30.6 Å². The van der Waals surface area contributed by atoms with Gasteiger partial charge in [-0.15, -0.1) is 0 Å². The molecule has 0 saturated heterocycles. The molecule has 2 amide bonds. The highest BCUT2D eigenvalue weighted by Gasteiger charge is 2.34. The lowest BCUT2D eigenvalue weighted by atomic mass is 9.95. The molecule has 0 aromatic heterocycles. The number of hydrogen-bond donors (Lipinski definition) is 3. The fourth-order valence-electron chi connectivity index (χ4n) is 3.34. The topological polar surface area (TPSA) is 138 Å². The Hall–Kier alpha value is -3.92. The zero-order valence-electron chi connectivity index (χ0n) is 18.8. The van der Waals surface area contributed by atoms with Crippen LogP contribution in [0.5, 0.6) is 11.5 Å². The maximum absolute atomic E-state index is 12.8. The summed E-state index contributed by atoms with van der Waals surface area (Å²) < 4.78 is 20.9. The summed E-state index contributed by atoms with van der Waals surface area (Å²) in [6, 6.07) is 8.11. The van der Waals surface area contributed by atoms with Gasteiger partial charge in [0.15, 0.2) is 0 Å². The molecule has 2 aromatic carbocycles. The molecule has 2 aromatic rings. The van der Waals surface area contributed by atoms with E-state index >= 15 is 0 Å². The normalized spacial score (nSPS) is 15.2. The first kappa shape index (κ1) is 24.7. The summed E-state index contributed by atoms with van der Waals surface area (Å²) >= 11 is 6.03. The molecule has 10 nitrogen and oxygen atoms in total. The average molecular weight is 490 g/mol. The minimum atomic E-state index is -0.840. The van der Waals surface area contributed by atoms with Crippen molar-refractivity contribution in [2.75, 3.05) is 33.2 Å². The predicted molar refractivity (Wildman–Crippen MR) is 124 cm³/mol. The summed E-state index contributed by atoms with van der Waals surface area (Å²) in [6.45, 7) is 1.35. The van der Waals surface area contributed by atoms with Crippen molar-refractivity contribution in [1.29, 1.82) is 0 Å². The number of amides is 2. The van der Waals surface area contributed by atoms with E-state index in [4.69, 9.17) is 36.3 Å². The number of halogens is 1. The van der Waals surface area contributed by atoms with E-state index in [0.29, 0.717) is 11.3 Å². The van der Waals surface area contributed by atoms with Crippen molar-refractivity contribution in [3.8, 4) is 11.5 Å². The molecule has 11 heteroatoms. The first-order valence-electron chi connectivity index (χ1n) is 10.2. The first-order valence-corrected chi connectivity index (χ1v) is 10.6. The summed E-state index contributed by atoms with van der Waals surface area (Å²) in [4.78, 5) is 38.0. The number of nitrogens with one attached hydrogen (secondary N) is 2. The number of nitrogens with two attached hydrogens (primary N) is 1. The molecule has 1 atom stereocenters. The lowest BCUT2D eigenvalue weighted by molar-refractivity contribution is -0.139. The second kappa shape index (κ2) is 10.8. The summed E-state index contributed by atoms with van der Waals surface area (Å²) in [5.74, 6) is -0.689. The fourth-order valence-corrected chi connectivity index (χ4v) is 3.50. The molecule has 0 saturated carbocycles. The van der Waals surface area contributed by atoms with Crippen LogP contribution in [0.2, 0.25) is 5.02 Å². The Morgan fingerprint density at radius 3 is 2.38 bits per heavy atom. The third-order valence-corrected chi connectivity index (χ3v) is 5.31. The highest BCUT2D eigenvalue weighted by molar-refractivity contribution is 6.33. The Morgan fingerprint density at radius 2 is 1.76 bits per heavy atom. The van der Waals surface area contributed by atoms with E-state index in [0.717, 1.165) is 0 Å². The second-order valence-electron chi connectivity index (χ2n) is 7.07. The number of ether oxygens (including phenoxy) is 4. The number of rotatable bonds is 8. The number of carbonyl (C=O) groups excluding carboxylic acids is 3. The van der Waals surface area contributed by atoms with E-state index in [2.05, 4.69) is 10.6 Å². The molecule has 0 unspecified atom stereocenters. The van der Waals surface area contributed by atoms with Crippen LogP contribution in [-0.4, -0.2) is 45.4 Å². The number of methoxy groups -OCH3 is 2. The molecule has 1 aliphatic heterocycles. The van der Waals surface area contributed by atoms with Crippen molar-refractivity contribution in [2.24, 2.45) is 0 Å². The zero-order valence-corrected chi connectivity index (χ0v) is 19.5. The molecule has 4 N–H and O–H groups in total. The highest BCUT2D eigenvalue weighted by Crippen LogP contribution is 2.31. The Balaban J connectivity index is 1.95. The molecule has 0 radical (unpaired) electrons. The van der Waals surface area contributed by atoms with Crippen molar-refractivity contribution < 1.29 is 33.3 Å². The molecule has 0 bridgehead atoms. The van der Waals surface area contributed by atoms with Gasteiger partial charge in [0.2, 0.25) is 0 Å². The molecular weight excluding hydrogens is 466 g/mol. The van der Waals surface area contributed by atoms with E-state index in [1.54, 1.807) is 31.2 Å². The Labute approximate surface area is 200 Å². The van der Waals surface area contributed by atoms with Crippen LogP contribution < -0.4 is 25.8 Å². The Kier molecular flexibility index (Phi) is 7.85. The quantitative estimate of drug-likeness (QED) is 0.380. The van der Waals surface area contributed by atoms with Gasteiger partial charge in [-0.1, -0.05) is 23.7 Å². The standard InChI is InChI=1S/C23H24ClN3O7/c1-4-33-22(29)19-17(11-34-21(28)14-9-15(24)16(25)10-18(14)32-3)26-23(30)27-20(19)12-5-7-13(31-2)8-6-12/h5-10,20H,4,11,25H2,1-3H3,(H2,26,27,30)/t20-/m1/s1. The molecule has 0 aliphatic carbocycles. The minimum absolute atomic E-state index is 0.0342. The van der Waals surface area contributed by atoms with Crippen molar-refractivity contribution in [1.82, 2.24) is 10.6 Å². The molecule has 0 spiro atoms. The molecule has 180 valence electrons. The van der Waals surface area contributed by atoms with E-state index in [1.165, 1.54) is 26.4 Å². The van der Waals surface area contributed by atoms with Crippen LogP contribution in [0.3, 0.4) is 0 Å². The van der Waals surface area contributed by atoms with E-state index in [9.17, 15) is 14.4 Å². The van der Waals surface area contributed by atoms with Gasteiger partial charge in [0.1, 0.15) is 23.7 Å². The lowest BCUT2D eigenvalue weighted by Gasteiger charge is -2.29. The minimum Gasteiger partial charge on any atom is -0.497 e. The van der Waals surface area contributed by atoms with Crippen LogP contribution in [-0.2, 0) is 14.3 Å². The zero-order chi connectivity index (χ0) is 24.8. The SMILES string of the molecule is CCOC(=O)C1=C(COC(=O)c2cc(Cl)c(N)cc2OC)NC(=O)N[C@@H]1c1ccc(OC)cc1. The largest absolute Gasteiger partial charge is 0.497 e. The van der Waals surface area contributed by atoms with Gasteiger partial charge >= 0.3 is 18.0 Å². The van der Waals surface area contributed by atoms with Gasteiger partial charge in [-0.25, -0.2) is 14.4 Å². The van der Waals surface area contributed by atoms with Gasteiger partial charge in [-0.05, 0) is 30.7 Å². The highest BCUT2D eigenvalue weighted by atomic mass is 35.5. The van der Waals surface area contributed by atoms with Crippen LogP contribution in [0.1, 0.15) is 28.9 Å². The third-order valence-electron chi connectivity index (χ3n) is 4.98. The van der Waals surface area contributed by atoms with Crippen molar-refractivity contribution >= 4 is 35.3 Å². The van der Waals surface area contributed by atoms with Crippen LogP contribution in [0.4, 0.5) is 10.5 Å². The van der Waals surface area contributed by atoms with E-state index in [-0.39, 0.29) is 39.9 Å². The van der Waals surface area contributed by atoms with Crippen LogP contribution in [0.15, 0.2) is 47.7 Å². The monoisotopic (exact) mass is 489 g/mol. The first-order chi connectivity index (χ1) is 16.3. The summed E-state index contributed by atoms with van der Waals surface area (Å²) in [5.41, 5.74) is 6.81. The molecule has 1 aliphatic rings. The maximum Gasteiger partial charge on any atom is 0.342 e. The second-order valence-corrected chi connectivity index (χ2v) is 7.47. The van der Waals surface area contributed by atoms with Crippen LogP contribution >= 0.6 is 11.6 Å². The molecule has 1 heterocycles. The van der Waals surface area contributed by atoms with Gasteiger partial charge in [-0.3, -0.25) is 0 Å². The van der Waals surface area contributed by atoms with Gasteiger partial charge in [0.25, 0.3) is 0 Å².